The van der Waals surface area contributed by atoms with E-state index in [1.165, 1.54) is 11.1 Å². The summed E-state index contributed by atoms with van der Waals surface area (Å²) in [4.78, 5) is 24.7. The van der Waals surface area contributed by atoms with Crippen molar-refractivity contribution in [1.29, 1.82) is 0 Å². The van der Waals surface area contributed by atoms with Crippen LogP contribution in [0.5, 0.6) is 0 Å². The third-order valence-corrected chi connectivity index (χ3v) is 5.42. The largest absolute Gasteiger partial charge is 0.444 e. The maximum atomic E-state index is 12.7. The molecule has 0 spiro atoms. The highest BCUT2D eigenvalue weighted by Gasteiger charge is 2.24. The van der Waals surface area contributed by atoms with Crippen molar-refractivity contribution in [2.75, 3.05) is 18.6 Å². The Balaban J connectivity index is 2.02. The van der Waals surface area contributed by atoms with Crippen molar-refractivity contribution in [2.24, 2.45) is 0 Å². The van der Waals surface area contributed by atoms with Crippen molar-refractivity contribution in [3.63, 3.8) is 0 Å². The Morgan fingerprint density at radius 1 is 0.935 bits per heavy atom. The average Bonchev–Trinajstić information content (AvgIpc) is 2.73. The molecule has 0 radical (unpaired) electrons. The highest BCUT2D eigenvalue weighted by atomic mass is 32.2. The Morgan fingerprint density at radius 2 is 1.48 bits per heavy atom. The van der Waals surface area contributed by atoms with E-state index < -0.39 is 17.7 Å². The SMILES string of the molecule is CSCC[C@H](NCCC(c1ccccc1)c1ccccc1)C(=O)NC(=O)OC(C)(C)C. The first kappa shape index (κ1) is 25.0. The number of carbonyl (C=O) groups is 2. The van der Waals surface area contributed by atoms with E-state index in [1.807, 2.05) is 42.7 Å². The van der Waals surface area contributed by atoms with E-state index >= 15 is 0 Å². The minimum atomic E-state index is -0.708. The van der Waals surface area contributed by atoms with E-state index in [0.717, 1.165) is 12.2 Å². The zero-order valence-electron chi connectivity index (χ0n) is 18.9. The van der Waals surface area contributed by atoms with Crippen LogP contribution in [-0.2, 0) is 9.53 Å². The molecule has 31 heavy (non-hydrogen) atoms. The predicted octanol–water partition coefficient (Wildman–Crippen LogP) is 4.97. The first-order valence-corrected chi connectivity index (χ1v) is 12.1. The molecule has 0 saturated heterocycles. The molecule has 0 aliphatic heterocycles. The molecule has 0 aliphatic rings. The van der Waals surface area contributed by atoms with Gasteiger partial charge in [0.1, 0.15) is 5.60 Å². The van der Waals surface area contributed by atoms with Gasteiger partial charge in [-0.2, -0.15) is 11.8 Å². The van der Waals surface area contributed by atoms with Crippen LogP contribution in [0.1, 0.15) is 50.7 Å². The molecule has 5 nitrogen and oxygen atoms in total. The van der Waals surface area contributed by atoms with Crippen LogP contribution in [0.15, 0.2) is 60.7 Å². The van der Waals surface area contributed by atoms with Gasteiger partial charge in [-0.15, -0.1) is 0 Å². The van der Waals surface area contributed by atoms with Crippen molar-refractivity contribution in [1.82, 2.24) is 10.6 Å². The van der Waals surface area contributed by atoms with Crippen molar-refractivity contribution < 1.29 is 14.3 Å². The van der Waals surface area contributed by atoms with Crippen LogP contribution in [0.25, 0.3) is 0 Å². The molecule has 0 aromatic heterocycles. The van der Waals surface area contributed by atoms with E-state index in [0.29, 0.717) is 13.0 Å². The molecule has 0 unspecified atom stereocenters. The number of alkyl carbamates (subject to hydrolysis) is 1. The molecular formula is C25H34N2O3S. The van der Waals surface area contributed by atoms with Crippen LogP contribution >= 0.6 is 11.8 Å². The average molecular weight is 443 g/mol. The summed E-state index contributed by atoms with van der Waals surface area (Å²) in [6.45, 7) is 5.96. The van der Waals surface area contributed by atoms with Crippen molar-refractivity contribution in [3.05, 3.63) is 71.8 Å². The number of thioether (sulfide) groups is 1. The first-order chi connectivity index (χ1) is 14.8. The number of benzene rings is 2. The van der Waals surface area contributed by atoms with Crippen LogP contribution in [-0.4, -0.2) is 42.2 Å². The topological polar surface area (TPSA) is 67.4 Å². The smallest absolute Gasteiger partial charge is 0.414 e. The van der Waals surface area contributed by atoms with Crippen LogP contribution < -0.4 is 10.6 Å². The van der Waals surface area contributed by atoms with Gasteiger partial charge >= 0.3 is 6.09 Å². The Bertz CT molecular complexity index is 767. The summed E-state index contributed by atoms with van der Waals surface area (Å²) < 4.78 is 5.22. The van der Waals surface area contributed by atoms with Crippen molar-refractivity contribution in [2.45, 2.75) is 51.2 Å². The van der Waals surface area contributed by atoms with Gasteiger partial charge in [0.2, 0.25) is 5.91 Å². The molecule has 0 aliphatic carbocycles. The van der Waals surface area contributed by atoms with Crippen LogP contribution in [0.3, 0.4) is 0 Å². The van der Waals surface area contributed by atoms with Gasteiger partial charge in [-0.05, 0) is 63.3 Å². The normalized spacial score (nSPS) is 12.4. The fourth-order valence-corrected chi connectivity index (χ4v) is 3.82. The van der Waals surface area contributed by atoms with Crippen molar-refractivity contribution >= 4 is 23.8 Å². The molecule has 168 valence electrons. The lowest BCUT2D eigenvalue weighted by Gasteiger charge is -2.23. The second-order valence-corrected chi connectivity index (χ2v) is 9.43. The number of ether oxygens (including phenoxy) is 1. The second kappa shape index (κ2) is 12.5. The minimum Gasteiger partial charge on any atom is -0.444 e. The summed E-state index contributed by atoms with van der Waals surface area (Å²) in [6.07, 6.45) is 2.77. The minimum absolute atomic E-state index is 0.227. The van der Waals surface area contributed by atoms with E-state index in [1.54, 1.807) is 32.5 Å². The fourth-order valence-electron chi connectivity index (χ4n) is 3.35. The number of carbonyl (C=O) groups excluding carboxylic acids is 2. The lowest BCUT2D eigenvalue weighted by Crippen LogP contribution is -2.48. The van der Waals surface area contributed by atoms with E-state index in [4.69, 9.17) is 4.74 Å². The molecule has 2 aromatic rings. The van der Waals surface area contributed by atoms with Crippen LogP contribution in [0, 0.1) is 0 Å². The lowest BCUT2D eigenvalue weighted by molar-refractivity contribution is -0.122. The van der Waals surface area contributed by atoms with Gasteiger partial charge in [-0.3, -0.25) is 10.1 Å². The van der Waals surface area contributed by atoms with Gasteiger partial charge in [0.05, 0.1) is 6.04 Å². The molecule has 0 heterocycles. The number of rotatable bonds is 10. The quantitative estimate of drug-likeness (QED) is 0.544. The number of imide groups is 1. The molecule has 6 heteroatoms. The van der Waals surface area contributed by atoms with Gasteiger partial charge in [0.25, 0.3) is 0 Å². The highest BCUT2D eigenvalue weighted by molar-refractivity contribution is 7.98. The molecule has 0 fully saturated rings. The number of amides is 2. The highest BCUT2D eigenvalue weighted by Crippen LogP contribution is 2.27. The number of nitrogens with one attached hydrogen (secondary N) is 2. The molecule has 0 bridgehead atoms. The maximum Gasteiger partial charge on any atom is 0.414 e. The monoisotopic (exact) mass is 442 g/mol. The third kappa shape index (κ3) is 9.15. The lowest BCUT2D eigenvalue weighted by atomic mass is 9.88. The molecule has 2 aromatic carbocycles. The summed E-state index contributed by atoms with van der Waals surface area (Å²) in [5.74, 6) is 0.699. The Morgan fingerprint density at radius 3 is 1.97 bits per heavy atom. The molecule has 0 saturated carbocycles. The molecular weight excluding hydrogens is 408 g/mol. The van der Waals surface area contributed by atoms with Crippen LogP contribution in [0.4, 0.5) is 4.79 Å². The second-order valence-electron chi connectivity index (χ2n) is 8.44. The van der Waals surface area contributed by atoms with Gasteiger partial charge in [0, 0.05) is 5.92 Å². The fraction of sp³-hybridized carbons (Fsp3) is 0.440. The zero-order chi connectivity index (χ0) is 22.7. The van der Waals surface area contributed by atoms with Crippen molar-refractivity contribution in [3.8, 4) is 0 Å². The first-order valence-electron chi connectivity index (χ1n) is 10.7. The summed E-state index contributed by atoms with van der Waals surface area (Å²) in [6, 6.07) is 20.3. The number of hydrogen-bond donors (Lipinski definition) is 2. The number of hydrogen-bond acceptors (Lipinski definition) is 5. The Kier molecular flexibility index (Phi) is 10.1. The Labute approximate surface area is 190 Å². The van der Waals surface area contributed by atoms with E-state index in [-0.39, 0.29) is 11.8 Å². The van der Waals surface area contributed by atoms with Gasteiger partial charge in [-0.1, -0.05) is 60.7 Å². The van der Waals surface area contributed by atoms with Gasteiger partial charge in [-0.25, -0.2) is 4.79 Å². The van der Waals surface area contributed by atoms with Gasteiger partial charge < -0.3 is 10.1 Å². The maximum absolute atomic E-state index is 12.7. The predicted molar refractivity (Wildman–Crippen MR) is 129 cm³/mol. The summed E-state index contributed by atoms with van der Waals surface area (Å²) in [7, 11) is 0. The molecule has 2 amide bonds. The standard InChI is InChI=1S/C25H34N2O3S/c1-25(2,3)30-24(29)27-23(28)22(16-18-31-4)26-17-15-21(19-11-7-5-8-12-19)20-13-9-6-10-14-20/h5-14,21-22,26H,15-18H2,1-4H3,(H,27,28,29)/t22-/m0/s1. The van der Waals surface area contributed by atoms with E-state index in [9.17, 15) is 9.59 Å². The molecule has 1 atom stereocenters. The third-order valence-electron chi connectivity index (χ3n) is 4.78. The molecule has 2 N–H and O–H groups in total. The van der Waals surface area contributed by atoms with Crippen LogP contribution in [0.2, 0.25) is 0 Å². The van der Waals surface area contributed by atoms with E-state index in [2.05, 4.69) is 34.9 Å². The zero-order valence-corrected chi connectivity index (χ0v) is 19.7. The molecule has 2 rings (SSSR count). The summed E-state index contributed by atoms with van der Waals surface area (Å²) in [5.41, 5.74) is 1.84. The summed E-state index contributed by atoms with van der Waals surface area (Å²) >= 11 is 1.67. The van der Waals surface area contributed by atoms with Gasteiger partial charge in [0.15, 0.2) is 0 Å². The summed E-state index contributed by atoms with van der Waals surface area (Å²) in [5, 5.41) is 5.73. The Hall–Kier alpha value is -2.31.